The number of benzene rings is 1. The van der Waals surface area contributed by atoms with Crippen molar-refractivity contribution >= 4 is 23.1 Å². The molecule has 1 amide bonds. The number of ketones is 1. The highest BCUT2D eigenvalue weighted by molar-refractivity contribution is 6.51. The summed E-state index contributed by atoms with van der Waals surface area (Å²) in [6.07, 6.45) is 6.19. The largest absolute Gasteiger partial charge is 0.507 e. The second kappa shape index (κ2) is 7.55. The van der Waals surface area contributed by atoms with Crippen molar-refractivity contribution in [2.24, 2.45) is 0 Å². The van der Waals surface area contributed by atoms with Crippen LogP contribution in [-0.2, 0) is 9.59 Å². The van der Waals surface area contributed by atoms with Gasteiger partial charge in [-0.1, -0.05) is 12.1 Å². The second-order valence-electron chi connectivity index (χ2n) is 6.39. The number of aliphatic hydroxyl groups excluding tert-OH is 1. The molecule has 1 unspecified atom stereocenters. The fourth-order valence-electron chi connectivity index (χ4n) is 3.38. The minimum atomic E-state index is -0.830. The van der Waals surface area contributed by atoms with Gasteiger partial charge in [0.15, 0.2) is 0 Å². The van der Waals surface area contributed by atoms with E-state index in [1.54, 1.807) is 60.9 Å². The number of hydrogen-bond donors (Lipinski definition) is 1. The average Bonchev–Trinajstić information content (AvgIpc) is 3.05. The number of aliphatic hydroxyl groups is 1. The first-order chi connectivity index (χ1) is 14.1. The van der Waals surface area contributed by atoms with Crippen LogP contribution >= 0.6 is 0 Å². The molecule has 0 saturated carbocycles. The number of rotatable bonds is 4. The number of amides is 1. The monoisotopic (exact) mass is 387 g/mol. The summed E-state index contributed by atoms with van der Waals surface area (Å²) < 4.78 is 5.26. The summed E-state index contributed by atoms with van der Waals surface area (Å²) in [4.78, 5) is 35.4. The lowest BCUT2D eigenvalue weighted by molar-refractivity contribution is -0.132. The quantitative estimate of drug-likeness (QED) is 0.420. The van der Waals surface area contributed by atoms with Gasteiger partial charge in [-0.2, -0.15) is 0 Å². The number of hydrogen-bond acceptors (Lipinski definition) is 6. The normalized spacial score (nSPS) is 18.1. The van der Waals surface area contributed by atoms with Gasteiger partial charge in [-0.25, -0.2) is 0 Å². The zero-order valence-electron chi connectivity index (χ0n) is 15.5. The maximum atomic E-state index is 13.0. The summed E-state index contributed by atoms with van der Waals surface area (Å²) in [5.74, 6) is -1.22. The molecule has 0 bridgehead atoms. The maximum absolute atomic E-state index is 13.0. The van der Waals surface area contributed by atoms with Gasteiger partial charge in [-0.15, -0.1) is 0 Å². The highest BCUT2D eigenvalue weighted by atomic mass is 16.5. The van der Waals surface area contributed by atoms with E-state index in [4.69, 9.17) is 4.74 Å². The van der Waals surface area contributed by atoms with Crippen molar-refractivity contribution in [3.05, 3.63) is 90.0 Å². The predicted molar refractivity (Wildman–Crippen MR) is 106 cm³/mol. The molecule has 0 aliphatic carbocycles. The number of nitrogens with zero attached hydrogens (tertiary/aromatic N) is 3. The Labute approximate surface area is 166 Å². The third-order valence-electron chi connectivity index (χ3n) is 4.73. The standard InChI is InChI=1S/C22H17N3O4/c1-29-17-6-2-5-16(12-17)25-19(15-4-3-9-24-13-15)18(21(27)22(25)28)20(26)14-7-10-23-11-8-14/h2-13,19,26H,1H3/b20-18+. The van der Waals surface area contributed by atoms with Crippen LogP contribution in [0.25, 0.3) is 5.76 Å². The van der Waals surface area contributed by atoms with E-state index in [0.717, 1.165) is 0 Å². The first-order valence-electron chi connectivity index (χ1n) is 8.87. The summed E-state index contributed by atoms with van der Waals surface area (Å²) in [6.45, 7) is 0. The summed E-state index contributed by atoms with van der Waals surface area (Å²) in [6, 6.07) is 12.7. The molecule has 3 heterocycles. The average molecular weight is 387 g/mol. The molecule has 0 spiro atoms. The molecule has 7 nitrogen and oxygen atoms in total. The van der Waals surface area contributed by atoms with Gasteiger partial charge in [-0.05, 0) is 35.9 Å². The van der Waals surface area contributed by atoms with Gasteiger partial charge in [0.1, 0.15) is 11.5 Å². The summed E-state index contributed by atoms with van der Waals surface area (Å²) in [5, 5.41) is 10.9. The van der Waals surface area contributed by atoms with Crippen LogP contribution in [0.3, 0.4) is 0 Å². The van der Waals surface area contributed by atoms with Gasteiger partial charge in [0.2, 0.25) is 0 Å². The second-order valence-corrected chi connectivity index (χ2v) is 6.39. The van der Waals surface area contributed by atoms with Crippen LogP contribution in [0.5, 0.6) is 5.75 Å². The van der Waals surface area contributed by atoms with E-state index in [1.165, 1.54) is 24.4 Å². The molecule has 1 atom stereocenters. The number of Topliss-reactive ketones (excluding diaryl/α,β-unsaturated/α-hetero) is 1. The number of ether oxygens (including phenoxy) is 1. The van der Waals surface area contributed by atoms with Crippen LogP contribution < -0.4 is 9.64 Å². The number of methoxy groups -OCH3 is 1. The van der Waals surface area contributed by atoms with Crippen LogP contribution in [0.1, 0.15) is 17.2 Å². The molecule has 4 rings (SSSR count). The molecule has 1 aromatic carbocycles. The molecule has 0 radical (unpaired) electrons. The van der Waals surface area contributed by atoms with E-state index in [0.29, 0.717) is 22.6 Å². The number of pyridine rings is 2. The molecule has 2 aromatic heterocycles. The van der Waals surface area contributed by atoms with E-state index in [1.807, 2.05) is 0 Å². The fourth-order valence-corrected chi connectivity index (χ4v) is 3.38. The highest BCUT2D eigenvalue weighted by Gasteiger charge is 2.47. The Bertz CT molecular complexity index is 1100. The van der Waals surface area contributed by atoms with Crippen molar-refractivity contribution in [1.82, 2.24) is 9.97 Å². The summed E-state index contributed by atoms with van der Waals surface area (Å²) in [7, 11) is 1.52. The minimum Gasteiger partial charge on any atom is -0.507 e. The fraction of sp³-hybridized carbons (Fsp3) is 0.0909. The molecule has 1 aliphatic heterocycles. The third kappa shape index (κ3) is 3.23. The van der Waals surface area contributed by atoms with Crippen molar-refractivity contribution in [2.45, 2.75) is 6.04 Å². The molecule has 7 heteroatoms. The molecule has 1 aliphatic rings. The van der Waals surface area contributed by atoms with Gasteiger partial charge < -0.3 is 9.84 Å². The van der Waals surface area contributed by atoms with Gasteiger partial charge in [-0.3, -0.25) is 24.5 Å². The van der Waals surface area contributed by atoms with E-state index in [-0.39, 0.29) is 11.3 Å². The van der Waals surface area contributed by atoms with Crippen molar-refractivity contribution in [3.8, 4) is 5.75 Å². The predicted octanol–water partition coefficient (Wildman–Crippen LogP) is 3.11. The maximum Gasteiger partial charge on any atom is 0.300 e. The Morgan fingerprint density at radius 3 is 2.52 bits per heavy atom. The van der Waals surface area contributed by atoms with E-state index in [2.05, 4.69) is 9.97 Å². The lowest BCUT2D eigenvalue weighted by Gasteiger charge is -2.25. The Kier molecular flexibility index (Phi) is 4.78. The van der Waals surface area contributed by atoms with Gasteiger partial charge in [0.05, 0.1) is 18.7 Å². The minimum absolute atomic E-state index is 0.00276. The summed E-state index contributed by atoms with van der Waals surface area (Å²) >= 11 is 0. The van der Waals surface area contributed by atoms with Crippen molar-refractivity contribution in [1.29, 1.82) is 0 Å². The van der Waals surface area contributed by atoms with Crippen molar-refractivity contribution in [3.63, 3.8) is 0 Å². The van der Waals surface area contributed by atoms with Crippen LogP contribution in [0, 0.1) is 0 Å². The molecular formula is C22H17N3O4. The SMILES string of the molecule is COc1cccc(N2C(=O)C(=O)/C(=C(/O)c3ccncc3)C2c2cccnc2)c1. The Hall–Kier alpha value is -4.00. The van der Waals surface area contributed by atoms with Gasteiger partial charge >= 0.3 is 0 Å². The van der Waals surface area contributed by atoms with Gasteiger partial charge in [0, 0.05) is 42.1 Å². The summed E-state index contributed by atoms with van der Waals surface area (Å²) in [5.41, 5.74) is 1.48. The van der Waals surface area contributed by atoms with Crippen LogP contribution in [0.15, 0.2) is 78.9 Å². The zero-order valence-corrected chi connectivity index (χ0v) is 15.5. The molecule has 1 saturated heterocycles. The van der Waals surface area contributed by atoms with Crippen molar-refractivity contribution in [2.75, 3.05) is 12.0 Å². The third-order valence-corrected chi connectivity index (χ3v) is 4.73. The zero-order chi connectivity index (χ0) is 20.4. The van der Waals surface area contributed by atoms with E-state index in [9.17, 15) is 14.7 Å². The smallest absolute Gasteiger partial charge is 0.300 e. The first-order valence-corrected chi connectivity index (χ1v) is 8.87. The number of carbonyl (C=O) groups excluding carboxylic acids is 2. The molecule has 29 heavy (non-hydrogen) atoms. The van der Waals surface area contributed by atoms with Crippen molar-refractivity contribution < 1.29 is 19.4 Å². The molecule has 144 valence electrons. The molecular weight excluding hydrogens is 370 g/mol. The lowest BCUT2D eigenvalue weighted by Crippen LogP contribution is -2.29. The Balaban J connectivity index is 1.94. The van der Waals surface area contributed by atoms with E-state index >= 15 is 0 Å². The molecule has 3 aromatic rings. The Morgan fingerprint density at radius 2 is 1.83 bits per heavy atom. The van der Waals surface area contributed by atoms with Crippen LogP contribution in [-0.4, -0.2) is 33.9 Å². The number of carbonyl (C=O) groups is 2. The molecule has 1 fully saturated rings. The number of anilines is 1. The van der Waals surface area contributed by atoms with Crippen LogP contribution in [0.4, 0.5) is 5.69 Å². The highest BCUT2D eigenvalue weighted by Crippen LogP contribution is 2.42. The molecule has 1 N–H and O–H groups in total. The van der Waals surface area contributed by atoms with Gasteiger partial charge in [0.25, 0.3) is 11.7 Å². The lowest BCUT2D eigenvalue weighted by atomic mass is 9.96. The Morgan fingerprint density at radius 1 is 1.03 bits per heavy atom. The topological polar surface area (TPSA) is 92.6 Å². The van der Waals surface area contributed by atoms with E-state index < -0.39 is 17.7 Å². The first kappa shape index (κ1) is 18.4. The number of aromatic nitrogens is 2. The van der Waals surface area contributed by atoms with Crippen LogP contribution in [0.2, 0.25) is 0 Å².